The predicted octanol–water partition coefficient (Wildman–Crippen LogP) is 20.5. The first kappa shape index (κ1) is 67.8. The minimum Gasteiger partial charge on any atom is -0.462 e. The highest BCUT2D eigenvalue weighted by Crippen LogP contribution is 2.16. The lowest BCUT2D eigenvalue weighted by Crippen LogP contribution is -2.30. The quantitative estimate of drug-likeness (QED) is 0.0261. The van der Waals surface area contributed by atoms with Crippen molar-refractivity contribution in [3.8, 4) is 0 Å². The fraction of sp³-hybridized carbons (Fsp3) is 0.769. The van der Waals surface area contributed by atoms with Crippen molar-refractivity contribution in [1.82, 2.24) is 0 Å². The summed E-state index contributed by atoms with van der Waals surface area (Å²) in [5, 5.41) is 0. The SMILES string of the molecule is CC/C=C\C/C=C\C/C=C\C/C=C\C/C=C\CCCCCC(=O)OCC(COC(=O)CCCCCCCCC/C=C\CCCCCC)OC(=O)CCCCCCCCCCCCCCCCCCCCC. The Morgan fingerprint density at radius 2 is 0.549 bits per heavy atom. The molecule has 0 aliphatic carbocycles. The highest BCUT2D eigenvalue weighted by molar-refractivity contribution is 5.71. The third-order valence-corrected chi connectivity index (χ3v) is 13.2. The van der Waals surface area contributed by atoms with Gasteiger partial charge in [-0.15, -0.1) is 0 Å². The van der Waals surface area contributed by atoms with Crippen LogP contribution in [0.4, 0.5) is 0 Å². The Balaban J connectivity index is 4.41. The van der Waals surface area contributed by atoms with Crippen LogP contribution in [0.1, 0.15) is 303 Å². The average Bonchev–Trinajstić information content (AvgIpc) is 3.37. The summed E-state index contributed by atoms with van der Waals surface area (Å²) in [6.45, 7) is 6.52. The van der Waals surface area contributed by atoms with Crippen molar-refractivity contribution in [2.75, 3.05) is 13.2 Å². The summed E-state index contributed by atoms with van der Waals surface area (Å²) >= 11 is 0. The molecule has 1 atom stereocenters. The van der Waals surface area contributed by atoms with Gasteiger partial charge < -0.3 is 14.2 Å². The molecule has 0 bridgehead atoms. The molecular weight excluding hydrogens is 877 g/mol. The molecule has 0 aromatic heterocycles. The third kappa shape index (κ3) is 57.6. The highest BCUT2D eigenvalue weighted by Gasteiger charge is 2.19. The molecule has 0 amide bonds. The van der Waals surface area contributed by atoms with E-state index in [1.807, 2.05) is 0 Å². The number of carbonyl (C=O) groups excluding carboxylic acids is 3. The largest absolute Gasteiger partial charge is 0.462 e. The first-order valence-corrected chi connectivity index (χ1v) is 30.4. The minimum atomic E-state index is -0.790. The zero-order chi connectivity index (χ0) is 51.4. The van der Waals surface area contributed by atoms with E-state index in [0.717, 1.165) is 96.3 Å². The number of hydrogen-bond donors (Lipinski definition) is 0. The van der Waals surface area contributed by atoms with Crippen molar-refractivity contribution in [3.63, 3.8) is 0 Å². The summed E-state index contributed by atoms with van der Waals surface area (Å²) < 4.78 is 16.9. The molecule has 0 saturated carbocycles. The van der Waals surface area contributed by atoms with Gasteiger partial charge in [0.2, 0.25) is 0 Å². The number of rotatable bonds is 55. The summed E-state index contributed by atoms with van der Waals surface area (Å²) in [5.41, 5.74) is 0. The van der Waals surface area contributed by atoms with Gasteiger partial charge in [-0.3, -0.25) is 14.4 Å². The Hall–Kier alpha value is -3.15. The van der Waals surface area contributed by atoms with Crippen molar-refractivity contribution in [1.29, 1.82) is 0 Å². The monoisotopic (exact) mass is 991 g/mol. The second kappa shape index (κ2) is 59.4. The predicted molar refractivity (Wildman–Crippen MR) is 307 cm³/mol. The standard InChI is InChI=1S/C65H114O6/c1-4-7-10-13-16-19-22-25-28-30-32-34-37-40-43-46-49-52-55-58-64(67)70-61-62(60-69-63(66)57-54-51-48-45-42-39-36-27-24-21-18-15-12-9-6-3)71-65(68)59-56-53-50-47-44-41-38-35-33-31-29-26-23-20-17-14-11-8-5-2/h7,10,16,19,21,24-25,28,32,34,40,43,62H,4-6,8-9,11-15,17-18,20,22-23,26-27,29-31,33,35-39,41-42,44-61H2,1-3H3/b10-7-,19-16-,24-21-,28-25-,34-32-,43-40-. The zero-order valence-corrected chi connectivity index (χ0v) is 47.0. The van der Waals surface area contributed by atoms with Gasteiger partial charge in [-0.2, -0.15) is 0 Å². The van der Waals surface area contributed by atoms with Gasteiger partial charge in [0.05, 0.1) is 0 Å². The lowest BCUT2D eigenvalue weighted by molar-refractivity contribution is -0.167. The van der Waals surface area contributed by atoms with Crippen LogP contribution >= 0.6 is 0 Å². The number of ether oxygens (including phenoxy) is 3. The first-order chi connectivity index (χ1) is 35.0. The summed E-state index contributed by atoms with van der Waals surface area (Å²) in [6, 6.07) is 0. The van der Waals surface area contributed by atoms with Crippen LogP contribution in [0.3, 0.4) is 0 Å². The molecule has 0 saturated heterocycles. The molecule has 0 N–H and O–H groups in total. The zero-order valence-electron chi connectivity index (χ0n) is 47.0. The van der Waals surface area contributed by atoms with Gasteiger partial charge in [0, 0.05) is 19.3 Å². The molecule has 0 heterocycles. The Labute approximate surface area is 440 Å². The van der Waals surface area contributed by atoms with Crippen molar-refractivity contribution >= 4 is 17.9 Å². The summed E-state index contributed by atoms with van der Waals surface area (Å²) in [7, 11) is 0. The van der Waals surface area contributed by atoms with Gasteiger partial charge in [-0.05, 0) is 89.9 Å². The van der Waals surface area contributed by atoms with Crippen LogP contribution in [-0.4, -0.2) is 37.2 Å². The molecule has 0 rings (SSSR count). The van der Waals surface area contributed by atoms with Crippen molar-refractivity contribution < 1.29 is 28.6 Å². The normalized spacial score (nSPS) is 12.5. The van der Waals surface area contributed by atoms with Crippen LogP contribution in [0.5, 0.6) is 0 Å². The van der Waals surface area contributed by atoms with E-state index in [1.54, 1.807) is 0 Å². The van der Waals surface area contributed by atoms with E-state index in [9.17, 15) is 14.4 Å². The first-order valence-electron chi connectivity index (χ1n) is 30.4. The van der Waals surface area contributed by atoms with E-state index in [4.69, 9.17) is 14.2 Å². The number of hydrogen-bond acceptors (Lipinski definition) is 6. The van der Waals surface area contributed by atoms with E-state index >= 15 is 0 Å². The molecule has 410 valence electrons. The second-order valence-corrected chi connectivity index (χ2v) is 20.2. The number of carbonyl (C=O) groups is 3. The van der Waals surface area contributed by atoms with E-state index < -0.39 is 6.10 Å². The van der Waals surface area contributed by atoms with Gasteiger partial charge in [0.15, 0.2) is 6.10 Å². The third-order valence-electron chi connectivity index (χ3n) is 13.2. The van der Waals surface area contributed by atoms with Crippen molar-refractivity contribution in [2.24, 2.45) is 0 Å². The van der Waals surface area contributed by atoms with E-state index in [-0.39, 0.29) is 31.1 Å². The van der Waals surface area contributed by atoms with Crippen molar-refractivity contribution in [3.05, 3.63) is 72.9 Å². The molecule has 0 radical (unpaired) electrons. The molecule has 6 heteroatoms. The molecule has 6 nitrogen and oxygen atoms in total. The Kier molecular flexibility index (Phi) is 56.8. The lowest BCUT2D eigenvalue weighted by Gasteiger charge is -2.18. The average molecular weight is 992 g/mol. The minimum absolute atomic E-state index is 0.0858. The van der Waals surface area contributed by atoms with Crippen LogP contribution in [-0.2, 0) is 28.6 Å². The number of unbranched alkanes of at least 4 members (excludes halogenated alkanes) is 32. The Morgan fingerprint density at radius 3 is 0.901 bits per heavy atom. The van der Waals surface area contributed by atoms with Gasteiger partial charge in [0.1, 0.15) is 13.2 Å². The smallest absolute Gasteiger partial charge is 0.306 e. The fourth-order valence-corrected chi connectivity index (χ4v) is 8.64. The molecule has 0 aromatic carbocycles. The maximum Gasteiger partial charge on any atom is 0.306 e. The molecule has 71 heavy (non-hydrogen) atoms. The summed E-state index contributed by atoms with van der Waals surface area (Å²) in [4.78, 5) is 38.2. The molecule has 0 aliphatic rings. The fourth-order valence-electron chi connectivity index (χ4n) is 8.64. The maximum absolute atomic E-state index is 12.9. The second-order valence-electron chi connectivity index (χ2n) is 20.2. The maximum atomic E-state index is 12.9. The van der Waals surface area contributed by atoms with Crippen LogP contribution in [0.2, 0.25) is 0 Å². The molecular formula is C65H114O6. The Bertz CT molecular complexity index is 1320. The Morgan fingerprint density at radius 1 is 0.296 bits per heavy atom. The highest BCUT2D eigenvalue weighted by atomic mass is 16.6. The van der Waals surface area contributed by atoms with Gasteiger partial charge in [-0.25, -0.2) is 0 Å². The lowest BCUT2D eigenvalue weighted by atomic mass is 10.0. The molecule has 0 spiro atoms. The van der Waals surface area contributed by atoms with Crippen LogP contribution in [0.15, 0.2) is 72.9 Å². The van der Waals surface area contributed by atoms with Gasteiger partial charge in [0.25, 0.3) is 0 Å². The topological polar surface area (TPSA) is 78.9 Å². The number of allylic oxidation sites excluding steroid dienone is 12. The van der Waals surface area contributed by atoms with Crippen LogP contribution in [0.25, 0.3) is 0 Å². The molecule has 0 aromatic rings. The summed E-state index contributed by atoms with van der Waals surface area (Å²) in [5.74, 6) is -0.909. The van der Waals surface area contributed by atoms with E-state index in [2.05, 4.69) is 93.7 Å². The van der Waals surface area contributed by atoms with Crippen LogP contribution in [0, 0.1) is 0 Å². The number of esters is 3. The van der Waals surface area contributed by atoms with E-state index in [0.29, 0.717) is 19.3 Å². The van der Waals surface area contributed by atoms with Gasteiger partial charge >= 0.3 is 17.9 Å². The molecule has 0 fully saturated rings. The van der Waals surface area contributed by atoms with Gasteiger partial charge in [-0.1, -0.05) is 267 Å². The summed E-state index contributed by atoms with van der Waals surface area (Å²) in [6.07, 6.45) is 76.1. The molecule has 1 unspecified atom stereocenters. The van der Waals surface area contributed by atoms with Crippen LogP contribution < -0.4 is 0 Å². The van der Waals surface area contributed by atoms with Crippen molar-refractivity contribution in [2.45, 2.75) is 309 Å². The molecule has 0 aliphatic heterocycles. The van der Waals surface area contributed by atoms with E-state index in [1.165, 1.54) is 167 Å².